The number of sulfonamides is 1. The molecule has 0 unspecified atom stereocenters. The molecule has 1 fully saturated rings. The van der Waals surface area contributed by atoms with Gasteiger partial charge in [-0.25, -0.2) is 32.3 Å². The van der Waals surface area contributed by atoms with Crippen LogP contribution in [0.5, 0.6) is 5.88 Å². The maximum Gasteiger partial charge on any atom is 0.421 e. The number of hydrogen-bond donors (Lipinski definition) is 2. The monoisotopic (exact) mass is 572 g/mol. The van der Waals surface area contributed by atoms with Crippen molar-refractivity contribution in [3.8, 4) is 5.88 Å². The summed E-state index contributed by atoms with van der Waals surface area (Å²) in [5, 5.41) is 10.8. The maximum absolute atomic E-state index is 14.7. The summed E-state index contributed by atoms with van der Waals surface area (Å²) < 4.78 is 52.2. The Hall–Kier alpha value is -3.87. The van der Waals surface area contributed by atoms with Crippen molar-refractivity contribution in [3.05, 3.63) is 59.8 Å². The van der Waals surface area contributed by atoms with Gasteiger partial charge in [-0.05, 0) is 81.2 Å². The van der Waals surface area contributed by atoms with Crippen LogP contribution in [-0.4, -0.2) is 46.9 Å². The largest absolute Gasteiger partial charge is 0.476 e. The van der Waals surface area contributed by atoms with Crippen LogP contribution < -0.4 is 14.8 Å². The van der Waals surface area contributed by atoms with Gasteiger partial charge in [-0.1, -0.05) is 13.8 Å². The fourth-order valence-corrected chi connectivity index (χ4v) is 5.07. The van der Waals surface area contributed by atoms with E-state index in [4.69, 9.17) is 9.47 Å². The van der Waals surface area contributed by atoms with E-state index in [1.165, 1.54) is 6.07 Å². The molecular weight excluding hydrogens is 539 g/mol. The SMILES string of the molecule is CC(C)c1ccnnc1OCC1CC(c2cnc(Nc3ccc(S(=O)(=O)NC(=O)OC(C)(C)C)cc3F)nc2)C1. The van der Waals surface area contributed by atoms with E-state index in [0.717, 1.165) is 36.1 Å². The standard InChI is InChI=1S/C27H33FN6O5S/c1-16(2)21-8-9-31-33-24(21)38-15-17-10-18(11-17)19-13-29-25(30-14-19)32-23-7-6-20(12-22(23)28)40(36,37)34-26(35)39-27(3,4)5/h6-9,12-14,16-18H,10-11,15H2,1-5H3,(H,34,35)(H,29,30,32). The molecule has 0 radical (unpaired) electrons. The zero-order chi connectivity index (χ0) is 29.1. The van der Waals surface area contributed by atoms with Crippen LogP contribution in [0.2, 0.25) is 0 Å². The molecule has 2 aromatic heterocycles. The highest BCUT2D eigenvalue weighted by molar-refractivity contribution is 7.90. The zero-order valence-electron chi connectivity index (χ0n) is 23.0. The van der Waals surface area contributed by atoms with Crippen LogP contribution in [0.3, 0.4) is 0 Å². The Morgan fingerprint density at radius 1 is 1.15 bits per heavy atom. The summed E-state index contributed by atoms with van der Waals surface area (Å²) in [4.78, 5) is 20.0. The number of carbonyl (C=O) groups excluding carboxylic acids is 1. The van der Waals surface area contributed by atoms with Crippen molar-refractivity contribution < 1.29 is 27.1 Å². The molecular formula is C27H33FN6O5S. The van der Waals surface area contributed by atoms with E-state index in [0.29, 0.717) is 30.2 Å². The smallest absolute Gasteiger partial charge is 0.421 e. The first-order valence-electron chi connectivity index (χ1n) is 12.9. The molecule has 1 aliphatic rings. The second-order valence-corrected chi connectivity index (χ2v) is 12.7. The average molecular weight is 573 g/mol. The maximum atomic E-state index is 14.7. The molecule has 0 aliphatic heterocycles. The van der Waals surface area contributed by atoms with Gasteiger partial charge in [-0.15, -0.1) is 5.10 Å². The Labute approximate surface area is 233 Å². The van der Waals surface area contributed by atoms with Crippen molar-refractivity contribution in [1.29, 1.82) is 0 Å². The lowest BCUT2D eigenvalue weighted by Crippen LogP contribution is -2.36. The number of anilines is 2. The van der Waals surface area contributed by atoms with Crippen LogP contribution in [0.25, 0.3) is 0 Å². The van der Waals surface area contributed by atoms with E-state index >= 15 is 0 Å². The third-order valence-corrected chi connectivity index (χ3v) is 7.60. The number of amides is 1. The van der Waals surface area contributed by atoms with E-state index in [9.17, 15) is 17.6 Å². The third-order valence-electron chi connectivity index (χ3n) is 6.29. The highest BCUT2D eigenvalue weighted by atomic mass is 32.2. The van der Waals surface area contributed by atoms with Gasteiger partial charge in [0, 0.05) is 18.0 Å². The van der Waals surface area contributed by atoms with Gasteiger partial charge in [-0.3, -0.25) is 0 Å². The third kappa shape index (κ3) is 7.40. The van der Waals surface area contributed by atoms with Gasteiger partial charge in [0.05, 0.1) is 23.4 Å². The van der Waals surface area contributed by atoms with Gasteiger partial charge in [0.2, 0.25) is 11.8 Å². The van der Waals surface area contributed by atoms with E-state index in [1.807, 2.05) is 6.07 Å². The van der Waals surface area contributed by atoms with E-state index in [1.54, 1.807) is 44.1 Å². The Kier molecular flexibility index (Phi) is 8.52. The summed E-state index contributed by atoms with van der Waals surface area (Å²) in [5.41, 5.74) is 1.10. The van der Waals surface area contributed by atoms with Crippen LogP contribution >= 0.6 is 0 Å². The number of aromatic nitrogens is 4. The van der Waals surface area contributed by atoms with Gasteiger partial charge < -0.3 is 14.8 Å². The van der Waals surface area contributed by atoms with Crippen molar-refractivity contribution in [2.75, 3.05) is 11.9 Å². The molecule has 0 saturated heterocycles. The minimum absolute atomic E-state index is 0.0189. The van der Waals surface area contributed by atoms with Crippen molar-refractivity contribution in [2.24, 2.45) is 5.92 Å². The van der Waals surface area contributed by atoms with E-state index < -0.39 is 32.4 Å². The molecule has 13 heteroatoms. The fourth-order valence-electron chi connectivity index (χ4n) is 4.19. The van der Waals surface area contributed by atoms with Gasteiger partial charge in [0.25, 0.3) is 10.0 Å². The first-order valence-corrected chi connectivity index (χ1v) is 14.4. The van der Waals surface area contributed by atoms with Gasteiger partial charge in [-0.2, -0.15) is 5.10 Å². The lowest BCUT2D eigenvalue weighted by molar-refractivity contribution is 0.0570. The molecule has 1 saturated carbocycles. The van der Waals surface area contributed by atoms with E-state index in [-0.39, 0.29) is 11.6 Å². The molecule has 40 heavy (non-hydrogen) atoms. The first kappa shape index (κ1) is 29.1. The fraction of sp³-hybridized carbons (Fsp3) is 0.444. The molecule has 214 valence electrons. The number of nitrogens with one attached hydrogen (secondary N) is 2. The van der Waals surface area contributed by atoms with E-state index in [2.05, 4.69) is 39.3 Å². The van der Waals surface area contributed by atoms with Crippen LogP contribution in [0.4, 0.5) is 20.8 Å². The lowest BCUT2D eigenvalue weighted by atomic mass is 9.72. The van der Waals surface area contributed by atoms with Gasteiger partial charge >= 0.3 is 6.09 Å². The van der Waals surface area contributed by atoms with Gasteiger partial charge in [0.1, 0.15) is 11.4 Å². The first-order chi connectivity index (χ1) is 18.8. The number of nitrogens with zero attached hydrogens (tertiary/aromatic N) is 4. The molecule has 1 aromatic carbocycles. The van der Waals surface area contributed by atoms with Crippen molar-refractivity contribution in [2.45, 2.75) is 69.8 Å². The summed E-state index contributed by atoms with van der Waals surface area (Å²) in [6.45, 7) is 9.52. The summed E-state index contributed by atoms with van der Waals surface area (Å²) in [6, 6.07) is 5.11. The molecule has 2 N–H and O–H groups in total. The number of ether oxygens (including phenoxy) is 2. The van der Waals surface area contributed by atoms with Crippen LogP contribution in [0.1, 0.15) is 70.4 Å². The Bertz CT molecular complexity index is 1450. The molecule has 2 heterocycles. The molecule has 0 bridgehead atoms. The highest BCUT2D eigenvalue weighted by Crippen LogP contribution is 2.41. The van der Waals surface area contributed by atoms with Crippen LogP contribution in [0.15, 0.2) is 47.8 Å². The Balaban J connectivity index is 1.30. The second-order valence-electron chi connectivity index (χ2n) is 11.0. The number of carbonyl (C=O) groups is 1. The average Bonchev–Trinajstić information content (AvgIpc) is 2.83. The number of hydrogen-bond acceptors (Lipinski definition) is 10. The number of rotatable bonds is 9. The predicted octanol–water partition coefficient (Wildman–Crippen LogP) is 5.06. The number of halogens is 1. The molecule has 1 amide bonds. The lowest BCUT2D eigenvalue weighted by Gasteiger charge is -2.35. The Morgan fingerprint density at radius 3 is 2.48 bits per heavy atom. The molecule has 3 aromatic rings. The quantitative estimate of drug-likeness (QED) is 0.357. The number of benzene rings is 1. The molecule has 11 nitrogen and oxygen atoms in total. The Morgan fingerprint density at radius 2 is 1.85 bits per heavy atom. The summed E-state index contributed by atoms with van der Waals surface area (Å²) in [7, 11) is -4.33. The minimum atomic E-state index is -4.33. The van der Waals surface area contributed by atoms with Gasteiger partial charge in [0.15, 0.2) is 0 Å². The molecule has 0 atom stereocenters. The van der Waals surface area contributed by atoms with Crippen LogP contribution in [-0.2, 0) is 14.8 Å². The van der Waals surface area contributed by atoms with Crippen LogP contribution in [0, 0.1) is 11.7 Å². The van der Waals surface area contributed by atoms with Crippen molar-refractivity contribution in [3.63, 3.8) is 0 Å². The summed E-state index contributed by atoms with van der Waals surface area (Å²) in [5.74, 6) is 0.867. The topological polar surface area (TPSA) is 145 Å². The summed E-state index contributed by atoms with van der Waals surface area (Å²) in [6.07, 6.45) is 5.75. The zero-order valence-corrected chi connectivity index (χ0v) is 23.8. The van der Waals surface area contributed by atoms with Crippen molar-refractivity contribution in [1.82, 2.24) is 24.9 Å². The molecule has 1 aliphatic carbocycles. The normalized spacial score (nSPS) is 17.2. The molecule has 0 spiro atoms. The predicted molar refractivity (Wildman–Crippen MR) is 145 cm³/mol. The highest BCUT2D eigenvalue weighted by Gasteiger charge is 2.32. The summed E-state index contributed by atoms with van der Waals surface area (Å²) >= 11 is 0. The second kappa shape index (κ2) is 11.7. The van der Waals surface area contributed by atoms with Crippen molar-refractivity contribution >= 4 is 27.8 Å². The minimum Gasteiger partial charge on any atom is -0.476 e. The molecule has 4 rings (SSSR count).